The minimum atomic E-state index is -0.634. The number of nitrogens with zero attached hydrogens (tertiary/aromatic N) is 3. The molecule has 0 saturated carbocycles. The van der Waals surface area contributed by atoms with Gasteiger partial charge in [-0.05, 0) is 42.8 Å². The molecular weight excluding hydrogens is 392 g/mol. The van der Waals surface area contributed by atoms with Crippen LogP contribution >= 0.6 is 11.6 Å². The van der Waals surface area contributed by atoms with E-state index in [4.69, 9.17) is 26.5 Å². The van der Waals surface area contributed by atoms with Crippen molar-refractivity contribution in [3.05, 3.63) is 64.4 Å². The highest BCUT2D eigenvalue weighted by Gasteiger charge is 2.23. The lowest BCUT2D eigenvalue weighted by atomic mass is 10.1. The van der Waals surface area contributed by atoms with Crippen molar-refractivity contribution in [3.8, 4) is 23.2 Å². The Morgan fingerprint density at radius 2 is 2.10 bits per heavy atom. The van der Waals surface area contributed by atoms with Gasteiger partial charge in [0.05, 0.1) is 18.4 Å². The van der Waals surface area contributed by atoms with Gasteiger partial charge in [-0.1, -0.05) is 17.7 Å². The molecule has 2 aromatic carbocycles. The molecule has 144 valence electrons. The molecule has 0 aliphatic rings. The molecule has 4 rings (SSSR count). The van der Waals surface area contributed by atoms with Gasteiger partial charge in [0.1, 0.15) is 11.6 Å². The summed E-state index contributed by atoms with van der Waals surface area (Å²) in [5, 5.41) is 9.90. The smallest absolute Gasteiger partial charge is 0.357 e. The third-order valence-electron chi connectivity index (χ3n) is 4.61. The molecule has 7 nitrogen and oxygen atoms in total. The zero-order chi connectivity index (χ0) is 20.7. The zero-order valence-corrected chi connectivity index (χ0v) is 16.3. The van der Waals surface area contributed by atoms with Crippen molar-refractivity contribution in [2.24, 2.45) is 0 Å². The van der Waals surface area contributed by atoms with E-state index in [1.165, 1.54) is 13.3 Å². The third-order valence-corrected chi connectivity index (χ3v) is 4.84. The number of aromatic nitrogens is 2. The molecule has 0 aliphatic heterocycles. The van der Waals surface area contributed by atoms with Gasteiger partial charge in [0.2, 0.25) is 5.89 Å². The summed E-state index contributed by atoms with van der Waals surface area (Å²) in [7, 11) is 1.26. The Balaban J connectivity index is 1.90. The van der Waals surface area contributed by atoms with Crippen LogP contribution in [0, 0.1) is 18.3 Å². The van der Waals surface area contributed by atoms with Gasteiger partial charge >= 0.3 is 5.97 Å². The van der Waals surface area contributed by atoms with Crippen molar-refractivity contribution in [1.29, 1.82) is 5.26 Å². The number of nitrogens with two attached hydrogens (primary N) is 1. The first-order chi connectivity index (χ1) is 13.9. The van der Waals surface area contributed by atoms with Crippen molar-refractivity contribution in [3.63, 3.8) is 0 Å². The standard InChI is InChI=1S/C21H15ClN4O3/c1-11-3-4-12(20-25-15-8-14(22)5-6-17(15)29-20)7-16(11)26-10-13(9-23)18(24)19(26)21(27)28-2/h3-8,10H,24H2,1-2H3. The van der Waals surface area contributed by atoms with Gasteiger partial charge in [-0.15, -0.1) is 0 Å². The maximum atomic E-state index is 12.3. The van der Waals surface area contributed by atoms with Crippen LogP contribution in [0.5, 0.6) is 0 Å². The Kier molecular flexibility index (Phi) is 4.49. The van der Waals surface area contributed by atoms with E-state index in [0.29, 0.717) is 33.3 Å². The molecule has 0 bridgehead atoms. The second kappa shape index (κ2) is 7.00. The highest BCUT2D eigenvalue weighted by Crippen LogP contribution is 2.31. The summed E-state index contributed by atoms with van der Waals surface area (Å²) in [5.74, 6) is -0.228. The topological polar surface area (TPSA) is 107 Å². The number of fused-ring (bicyclic) bond motifs is 1. The van der Waals surface area contributed by atoms with Crippen molar-refractivity contribution < 1.29 is 13.9 Å². The van der Waals surface area contributed by atoms with Crippen LogP contribution in [-0.4, -0.2) is 22.6 Å². The van der Waals surface area contributed by atoms with E-state index >= 15 is 0 Å². The Morgan fingerprint density at radius 3 is 2.83 bits per heavy atom. The summed E-state index contributed by atoms with van der Waals surface area (Å²) >= 11 is 6.02. The first-order valence-corrected chi connectivity index (χ1v) is 8.97. The van der Waals surface area contributed by atoms with Crippen LogP contribution in [0.15, 0.2) is 47.0 Å². The van der Waals surface area contributed by atoms with Crippen LogP contribution in [-0.2, 0) is 4.74 Å². The van der Waals surface area contributed by atoms with Gasteiger partial charge < -0.3 is 19.5 Å². The maximum absolute atomic E-state index is 12.3. The molecular formula is C21H15ClN4O3. The number of hydrogen-bond acceptors (Lipinski definition) is 6. The first-order valence-electron chi connectivity index (χ1n) is 8.59. The van der Waals surface area contributed by atoms with E-state index in [-0.39, 0.29) is 16.9 Å². The number of hydrogen-bond donors (Lipinski definition) is 1. The number of carbonyl (C=O) groups excluding carboxylic acids is 1. The fourth-order valence-electron chi connectivity index (χ4n) is 3.13. The molecule has 29 heavy (non-hydrogen) atoms. The summed E-state index contributed by atoms with van der Waals surface area (Å²) in [4.78, 5) is 16.8. The zero-order valence-electron chi connectivity index (χ0n) is 15.6. The van der Waals surface area contributed by atoms with Crippen molar-refractivity contribution in [2.75, 3.05) is 12.8 Å². The number of halogens is 1. The molecule has 0 atom stereocenters. The van der Waals surface area contributed by atoms with Gasteiger partial charge in [-0.2, -0.15) is 5.26 Å². The summed E-state index contributed by atoms with van der Waals surface area (Å²) in [5.41, 5.74) is 9.81. The quantitative estimate of drug-likeness (QED) is 0.502. The van der Waals surface area contributed by atoms with Gasteiger partial charge in [-0.25, -0.2) is 9.78 Å². The Labute approximate surface area is 170 Å². The lowest BCUT2D eigenvalue weighted by Crippen LogP contribution is -2.11. The highest BCUT2D eigenvalue weighted by atomic mass is 35.5. The number of ether oxygens (including phenoxy) is 1. The number of nitrogen functional groups attached to an aromatic ring is 1. The van der Waals surface area contributed by atoms with E-state index in [2.05, 4.69) is 4.98 Å². The lowest BCUT2D eigenvalue weighted by molar-refractivity contribution is 0.0593. The fourth-order valence-corrected chi connectivity index (χ4v) is 3.30. The molecule has 8 heteroatoms. The minimum absolute atomic E-state index is 0.0701. The largest absolute Gasteiger partial charge is 0.464 e. The Morgan fingerprint density at radius 1 is 1.31 bits per heavy atom. The summed E-state index contributed by atoms with van der Waals surface area (Å²) < 4.78 is 12.2. The monoisotopic (exact) mass is 406 g/mol. The van der Waals surface area contributed by atoms with E-state index < -0.39 is 5.97 Å². The predicted octanol–water partition coefficient (Wildman–Crippen LogP) is 4.49. The van der Waals surface area contributed by atoms with E-state index in [0.717, 1.165) is 5.56 Å². The highest BCUT2D eigenvalue weighted by molar-refractivity contribution is 6.31. The van der Waals surface area contributed by atoms with E-state index in [9.17, 15) is 10.1 Å². The van der Waals surface area contributed by atoms with Crippen molar-refractivity contribution in [2.45, 2.75) is 6.92 Å². The number of esters is 1. The Bertz CT molecular complexity index is 1310. The van der Waals surface area contributed by atoms with Crippen LogP contribution in [0.2, 0.25) is 5.02 Å². The fraction of sp³-hybridized carbons (Fsp3) is 0.0952. The van der Waals surface area contributed by atoms with Crippen LogP contribution in [0.1, 0.15) is 21.6 Å². The molecule has 0 aliphatic carbocycles. The average Bonchev–Trinajstić information content (AvgIpc) is 3.28. The summed E-state index contributed by atoms with van der Waals surface area (Å²) in [6.45, 7) is 1.88. The van der Waals surface area contributed by atoms with Gasteiger partial charge in [0.15, 0.2) is 11.3 Å². The normalized spacial score (nSPS) is 10.8. The maximum Gasteiger partial charge on any atom is 0.357 e. The third kappa shape index (κ3) is 3.10. The minimum Gasteiger partial charge on any atom is -0.464 e. The SMILES string of the molecule is COC(=O)c1c(N)c(C#N)cn1-c1cc(-c2nc3cc(Cl)ccc3o2)ccc1C. The van der Waals surface area contributed by atoms with Gasteiger partial charge in [-0.3, -0.25) is 0 Å². The van der Waals surface area contributed by atoms with Crippen molar-refractivity contribution in [1.82, 2.24) is 9.55 Å². The summed E-state index contributed by atoms with van der Waals surface area (Å²) in [6, 6.07) is 12.8. The molecule has 0 saturated heterocycles. The molecule has 0 fully saturated rings. The predicted molar refractivity (Wildman–Crippen MR) is 109 cm³/mol. The van der Waals surface area contributed by atoms with Crippen LogP contribution in [0.3, 0.4) is 0 Å². The Hall–Kier alpha value is -3.76. The van der Waals surface area contributed by atoms with Gasteiger partial charge in [0.25, 0.3) is 0 Å². The molecule has 4 aromatic rings. The van der Waals surface area contributed by atoms with Crippen LogP contribution < -0.4 is 5.73 Å². The number of carbonyl (C=O) groups is 1. The van der Waals surface area contributed by atoms with E-state index in [1.807, 2.05) is 31.2 Å². The van der Waals surface area contributed by atoms with Crippen molar-refractivity contribution >= 4 is 34.4 Å². The molecule has 0 amide bonds. The lowest BCUT2D eigenvalue weighted by Gasteiger charge is -2.12. The van der Waals surface area contributed by atoms with Gasteiger partial charge in [0, 0.05) is 22.5 Å². The number of aryl methyl sites for hydroxylation is 1. The second-order valence-electron chi connectivity index (χ2n) is 6.41. The summed E-state index contributed by atoms with van der Waals surface area (Å²) in [6.07, 6.45) is 1.51. The average molecular weight is 407 g/mol. The molecule has 0 radical (unpaired) electrons. The van der Waals surface area contributed by atoms with Crippen LogP contribution in [0.25, 0.3) is 28.2 Å². The molecule has 2 N–H and O–H groups in total. The number of rotatable bonds is 3. The first kappa shape index (κ1) is 18.6. The number of benzene rings is 2. The molecule has 0 spiro atoms. The molecule has 2 aromatic heterocycles. The second-order valence-corrected chi connectivity index (χ2v) is 6.85. The number of methoxy groups -OCH3 is 1. The number of oxazole rings is 1. The molecule has 2 heterocycles. The number of nitriles is 1. The van der Waals surface area contributed by atoms with Crippen LogP contribution in [0.4, 0.5) is 5.69 Å². The number of anilines is 1. The molecule has 0 unspecified atom stereocenters. The van der Waals surface area contributed by atoms with E-state index in [1.54, 1.807) is 22.8 Å².